The van der Waals surface area contributed by atoms with E-state index >= 15 is 0 Å². The quantitative estimate of drug-likeness (QED) is 0.350. The van der Waals surface area contributed by atoms with Gasteiger partial charge in [-0.05, 0) is 23.2 Å². The Labute approximate surface area is 111 Å². The van der Waals surface area contributed by atoms with Gasteiger partial charge in [0.15, 0.2) is 0 Å². The van der Waals surface area contributed by atoms with Gasteiger partial charge < -0.3 is 15.2 Å². The Hall–Kier alpha value is -2.61. The Morgan fingerprint density at radius 3 is 2.75 bits per heavy atom. The van der Waals surface area contributed by atoms with Gasteiger partial charge in [-0.3, -0.25) is 9.78 Å². The normalized spacial score (nSPS) is 13.7. The van der Waals surface area contributed by atoms with Gasteiger partial charge in [0.05, 0.1) is 23.6 Å². The Kier molecular flexibility index (Phi) is 3.85. The zero-order valence-corrected chi connectivity index (χ0v) is 10.1. The number of hydrogen-bond acceptors (Lipinski definition) is 5. The molecule has 104 valence electrons. The molecular formula is C11H11N5O4. The van der Waals surface area contributed by atoms with Gasteiger partial charge in [0.1, 0.15) is 6.10 Å². The largest absolute Gasteiger partial charge is 0.390 e. The molecule has 0 bridgehead atoms. The predicted molar refractivity (Wildman–Crippen MR) is 70.2 cm³/mol. The summed E-state index contributed by atoms with van der Waals surface area (Å²) in [6, 6.07) is 4.26. The van der Waals surface area contributed by atoms with Crippen molar-refractivity contribution >= 4 is 10.9 Å². The molecule has 0 aliphatic rings. The van der Waals surface area contributed by atoms with Crippen LogP contribution in [0.25, 0.3) is 21.3 Å². The topological polar surface area (TPSA) is 155 Å². The number of rotatable bonds is 4. The van der Waals surface area contributed by atoms with Crippen molar-refractivity contribution in [3.05, 3.63) is 55.0 Å². The molecule has 0 amide bonds. The summed E-state index contributed by atoms with van der Waals surface area (Å²) < 4.78 is 0. The lowest BCUT2D eigenvalue weighted by molar-refractivity contribution is 0.0245. The van der Waals surface area contributed by atoms with Crippen LogP contribution < -0.4 is 11.2 Å². The van der Waals surface area contributed by atoms with E-state index in [1.165, 1.54) is 18.2 Å². The highest BCUT2D eigenvalue weighted by atomic mass is 16.3. The first-order valence-electron chi connectivity index (χ1n) is 5.66. The number of hydrogen-bond donors (Lipinski definition) is 4. The lowest BCUT2D eigenvalue weighted by Crippen LogP contribution is -2.23. The Bertz CT molecular complexity index is 789. The first-order valence-corrected chi connectivity index (χ1v) is 5.66. The summed E-state index contributed by atoms with van der Waals surface area (Å²) in [5.41, 5.74) is 7.53. The van der Waals surface area contributed by atoms with E-state index in [1.807, 2.05) is 0 Å². The highest BCUT2D eigenvalue weighted by Crippen LogP contribution is 2.19. The van der Waals surface area contributed by atoms with Crippen molar-refractivity contribution in [2.45, 2.75) is 12.2 Å². The van der Waals surface area contributed by atoms with Gasteiger partial charge in [0.2, 0.25) is 0 Å². The van der Waals surface area contributed by atoms with E-state index in [9.17, 15) is 19.8 Å². The minimum absolute atomic E-state index is 0.178. The molecule has 0 radical (unpaired) electrons. The molecule has 1 aromatic carbocycles. The van der Waals surface area contributed by atoms with E-state index in [0.717, 1.165) is 0 Å². The van der Waals surface area contributed by atoms with Crippen LogP contribution in [0.4, 0.5) is 0 Å². The smallest absolute Gasteiger partial charge is 0.326 e. The van der Waals surface area contributed by atoms with Gasteiger partial charge in [0, 0.05) is 4.91 Å². The zero-order chi connectivity index (χ0) is 14.7. The molecule has 0 aliphatic carbocycles. The zero-order valence-electron chi connectivity index (χ0n) is 10.1. The van der Waals surface area contributed by atoms with Crippen molar-refractivity contribution in [1.29, 1.82) is 0 Å². The summed E-state index contributed by atoms with van der Waals surface area (Å²) >= 11 is 0. The van der Waals surface area contributed by atoms with Crippen LogP contribution >= 0.6 is 0 Å². The highest BCUT2D eigenvalue weighted by Gasteiger charge is 2.18. The summed E-state index contributed by atoms with van der Waals surface area (Å²) in [5, 5.41) is 22.9. The van der Waals surface area contributed by atoms with Gasteiger partial charge in [0.25, 0.3) is 5.56 Å². The molecule has 20 heavy (non-hydrogen) atoms. The fraction of sp³-hybridized carbons (Fsp3) is 0.273. The predicted octanol–water partition coefficient (Wildman–Crippen LogP) is -0.0790. The number of aromatic nitrogens is 2. The van der Waals surface area contributed by atoms with Crippen LogP contribution in [0, 0.1) is 0 Å². The first-order chi connectivity index (χ1) is 9.52. The Morgan fingerprint density at radius 1 is 1.30 bits per heavy atom. The number of aromatic amines is 2. The Balaban J connectivity index is 2.43. The van der Waals surface area contributed by atoms with E-state index in [4.69, 9.17) is 5.53 Å². The maximum atomic E-state index is 11.6. The number of azide groups is 1. The van der Waals surface area contributed by atoms with Gasteiger partial charge in [-0.25, -0.2) is 4.79 Å². The van der Waals surface area contributed by atoms with Crippen LogP contribution in [0.3, 0.4) is 0 Å². The molecule has 0 spiro atoms. The molecule has 1 aromatic heterocycles. The monoisotopic (exact) mass is 277 g/mol. The fourth-order valence-electron chi connectivity index (χ4n) is 1.81. The summed E-state index contributed by atoms with van der Waals surface area (Å²) in [4.78, 5) is 29.7. The second kappa shape index (κ2) is 5.57. The number of aliphatic hydroxyl groups is 2. The van der Waals surface area contributed by atoms with Crippen molar-refractivity contribution in [1.82, 2.24) is 9.97 Å². The molecule has 1 heterocycles. The second-order valence-corrected chi connectivity index (χ2v) is 4.14. The van der Waals surface area contributed by atoms with Crippen molar-refractivity contribution in [3.8, 4) is 0 Å². The average molecular weight is 277 g/mol. The standard InChI is InChI=1S/C11H11N5O4/c12-16-13-4-8(17)9(18)5-1-2-7-6(3-5)10(19)15-11(20)14-7/h1-3,8-9,17-18H,4H2,(H2,14,15,19,20). The third-order valence-electron chi connectivity index (χ3n) is 2.80. The number of H-pyrrole nitrogens is 2. The molecule has 0 saturated heterocycles. The average Bonchev–Trinajstić information content (AvgIpc) is 2.43. The number of nitrogens with zero attached hydrogens (tertiary/aromatic N) is 3. The lowest BCUT2D eigenvalue weighted by Gasteiger charge is -2.16. The number of aliphatic hydroxyl groups excluding tert-OH is 2. The summed E-state index contributed by atoms with van der Waals surface area (Å²) in [5.74, 6) is 0. The second-order valence-electron chi connectivity index (χ2n) is 4.14. The molecule has 9 heteroatoms. The molecule has 9 nitrogen and oxygen atoms in total. The minimum Gasteiger partial charge on any atom is -0.390 e. The SMILES string of the molecule is [N-]=[N+]=NCC(O)C(O)c1ccc2[nH]c(=O)[nH]c(=O)c2c1. The van der Waals surface area contributed by atoms with Gasteiger partial charge in [-0.2, -0.15) is 0 Å². The highest BCUT2D eigenvalue weighted by molar-refractivity contribution is 5.77. The van der Waals surface area contributed by atoms with Crippen LogP contribution in [0.2, 0.25) is 0 Å². The molecule has 2 atom stereocenters. The third-order valence-corrected chi connectivity index (χ3v) is 2.80. The number of benzene rings is 1. The van der Waals surface area contributed by atoms with Crippen LogP contribution in [0.1, 0.15) is 11.7 Å². The maximum Gasteiger partial charge on any atom is 0.326 e. The van der Waals surface area contributed by atoms with Crippen molar-refractivity contribution in [2.24, 2.45) is 5.11 Å². The van der Waals surface area contributed by atoms with Crippen LogP contribution in [-0.4, -0.2) is 32.8 Å². The number of fused-ring (bicyclic) bond motifs is 1. The summed E-state index contributed by atoms with van der Waals surface area (Å²) in [6.07, 6.45) is -2.60. The molecular weight excluding hydrogens is 266 g/mol. The first kappa shape index (κ1) is 13.8. The Morgan fingerprint density at radius 2 is 2.05 bits per heavy atom. The van der Waals surface area contributed by atoms with Crippen LogP contribution in [-0.2, 0) is 0 Å². The van der Waals surface area contributed by atoms with E-state index in [2.05, 4.69) is 20.0 Å². The minimum atomic E-state index is -1.31. The van der Waals surface area contributed by atoms with E-state index in [1.54, 1.807) is 0 Å². The molecule has 2 rings (SSSR count). The third kappa shape index (κ3) is 2.69. The maximum absolute atomic E-state index is 11.6. The van der Waals surface area contributed by atoms with Gasteiger partial charge >= 0.3 is 5.69 Å². The van der Waals surface area contributed by atoms with Crippen molar-refractivity contribution in [3.63, 3.8) is 0 Å². The lowest BCUT2D eigenvalue weighted by atomic mass is 10.0. The molecule has 0 saturated carbocycles. The van der Waals surface area contributed by atoms with Gasteiger partial charge in [-0.15, -0.1) is 0 Å². The van der Waals surface area contributed by atoms with Crippen molar-refractivity contribution < 1.29 is 10.2 Å². The van der Waals surface area contributed by atoms with E-state index in [-0.39, 0.29) is 17.5 Å². The van der Waals surface area contributed by atoms with E-state index < -0.39 is 23.5 Å². The van der Waals surface area contributed by atoms with E-state index in [0.29, 0.717) is 5.52 Å². The summed E-state index contributed by atoms with van der Waals surface area (Å²) in [6.45, 7) is -0.294. The molecule has 2 aromatic rings. The molecule has 2 unspecified atom stereocenters. The van der Waals surface area contributed by atoms with Gasteiger partial charge in [-0.1, -0.05) is 11.2 Å². The van der Waals surface area contributed by atoms with Crippen molar-refractivity contribution in [2.75, 3.05) is 6.54 Å². The molecule has 0 aliphatic heterocycles. The number of nitrogens with one attached hydrogen (secondary N) is 2. The molecule has 4 N–H and O–H groups in total. The molecule has 0 fully saturated rings. The van der Waals surface area contributed by atoms with Crippen LogP contribution in [0.5, 0.6) is 0 Å². The van der Waals surface area contributed by atoms with Crippen LogP contribution in [0.15, 0.2) is 32.9 Å². The fourth-order valence-corrected chi connectivity index (χ4v) is 1.81. The summed E-state index contributed by atoms with van der Waals surface area (Å²) in [7, 11) is 0.